The molecular formula is C14H21NO3. The molecule has 1 amide bonds. The zero-order chi connectivity index (χ0) is 13.8. The lowest BCUT2D eigenvalue weighted by Gasteiger charge is -2.16. The van der Waals surface area contributed by atoms with E-state index in [-0.39, 0.29) is 6.10 Å². The van der Waals surface area contributed by atoms with Crippen LogP contribution in [0.25, 0.3) is 0 Å². The molecule has 0 unspecified atom stereocenters. The Morgan fingerprint density at radius 2 is 1.72 bits per heavy atom. The lowest BCUT2D eigenvalue weighted by atomic mass is 10.1. The van der Waals surface area contributed by atoms with Crippen LogP contribution in [-0.2, 0) is 17.6 Å². The molecule has 0 radical (unpaired) electrons. The van der Waals surface area contributed by atoms with Crippen molar-refractivity contribution in [1.29, 1.82) is 0 Å². The molecule has 18 heavy (non-hydrogen) atoms. The molecule has 0 spiro atoms. The number of rotatable bonds is 0. The smallest absolute Gasteiger partial charge is 0.405 e. The molecule has 100 valence electrons. The van der Waals surface area contributed by atoms with E-state index in [0.29, 0.717) is 0 Å². The molecule has 0 atom stereocenters. The number of nitrogens with two attached hydrogens (primary N) is 1. The molecule has 0 heterocycles. The van der Waals surface area contributed by atoms with E-state index in [1.165, 1.54) is 11.1 Å². The van der Waals surface area contributed by atoms with Crippen LogP contribution < -0.4 is 5.73 Å². The molecule has 0 fully saturated rings. The summed E-state index contributed by atoms with van der Waals surface area (Å²) in [5, 5.41) is 9.25. The van der Waals surface area contributed by atoms with Gasteiger partial charge in [0.05, 0.1) is 6.10 Å². The summed E-state index contributed by atoms with van der Waals surface area (Å²) >= 11 is 0. The standard InChI is InChI=1S/C9H10O.C5H11NO2/c10-9-5-7-3-1-2-4-8(7)6-9;1-5(2,3)8-4(6)7/h1-4,9-10H,5-6H2;1-3H3,(H2,6,7). The van der Waals surface area contributed by atoms with Gasteiger partial charge in [-0.2, -0.15) is 0 Å². The second-order valence-corrected chi connectivity index (χ2v) is 5.36. The summed E-state index contributed by atoms with van der Waals surface area (Å²) in [6.07, 6.45) is 0.835. The first-order valence-corrected chi connectivity index (χ1v) is 6.01. The SMILES string of the molecule is CC(C)(C)OC(N)=O.OC1Cc2ccccc2C1. The number of carbonyl (C=O) groups is 1. The van der Waals surface area contributed by atoms with Gasteiger partial charge in [-0.05, 0) is 44.7 Å². The number of aliphatic hydroxyl groups excluding tert-OH is 1. The minimum absolute atomic E-state index is 0.127. The highest BCUT2D eigenvalue weighted by Crippen LogP contribution is 2.20. The predicted octanol–water partition coefficient (Wildman–Crippen LogP) is 2.03. The molecule has 3 N–H and O–H groups in total. The van der Waals surface area contributed by atoms with Crippen LogP contribution >= 0.6 is 0 Å². The van der Waals surface area contributed by atoms with Crippen LogP contribution in [0.5, 0.6) is 0 Å². The normalized spacial score (nSPS) is 14.4. The highest BCUT2D eigenvalue weighted by Gasteiger charge is 2.17. The fourth-order valence-corrected chi connectivity index (χ4v) is 1.84. The van der Waals surface area contributed by atoms with E-state index in [4.69, 9.17) is 5.73 Å². The summed E-state index contributed by atoms with van der Waals surface area (Å²) in [6, 6.07) is 8.23. The molecule has 0 aromatic heterocycles. The number of fused-ring (bicyclic) bond motifs is 1. The average Bonchev–Trinajstić information content (AvgIpc) is 2.54. The lowest BCUT2D eigenvalue weighted by molar-refractivity contribution is 0.0600. The second kappa shape index (κ2) is 5.87. The van der Waals surface area contributed by atoms with Gasteiger partial charge in [0.2, 0.25) is 0 Å². The maximum absolute atomic E-state index is 10.0. The van der Waals surface area contributed by atoms with E-state index in [2.05, 4.69) is 16.9 Å². The predicted molar refractivity (Wildman–Crippen MR) is 70.3 cm³/mol. The highest BCUT2D eigenvalue weighted by atomic mass is 16.6. The molecule has 0 saturated carbocycles. The third-order valence-electron chi connectivity index (χ3n) is 2.44. The molecule has 1 aliphatic rings. The van der Waals surface area contributed by atoms with Gasteiger partial charge >= 0.3 is 6.09 Å². The van der Waals surface area contributed by atoms with Crippen molar-refractivity contribution in [3.05, 3.63) is 35.4 Å². The Hall–Kier alpha value is -1.55. The Morgan fingerprint density at radius 3 is 2.00 bits per heavy atom. The van der Waals surface area contributed by atoms with Crippen molar-refractivity contribution in [3.8, 4) is 0 Å². The van der Waals surface area contributed by atoms with Gasteiger partial charge < -0.3 is 15.6 Å². The molecule has 4 heteroatoms. The maximum atomic E-state index is 10.0. The lowest BCUT2D eigenvalue weighted by Crippen LogP contribution is -2.27. The first-order chi connectivity index (χ1) is 8.28. The van der Waals surface area contributed by atoms with Crippen molar-refractivity contribution < 1.29 is 14.6 Å². The Bertz CT molecular complexity index is 385. The van der Waals surface area contributed by atoms with E-state index < -0.39 is 11.7 Å². The van der Waals surface area contributed by atoms with Crippen LogP contribution in [0.3, 0.4) is 0 Å². The van der Waals surface area contributed by atoms with Crippen LogP contribution in [0.15, 0.2) is 24.3 Å². The quantitative estimate of drug-likeness (QED) is 0.741. The van der Waals surface area contributed by atoms with Crippen molar-refractivity contribution in [3.63, 3.8) is 0 Å². The number of primary amides is 1. The molecule has 0 saturated heterocycles. The molecule has 1 aromatic rings. The Kier molecular flexibility index (Phi) is 4.73. The summed E-state index contributed by atoms with van der Waals surface area (Å²) in [7, 11) is 0. The highest BCUT2D eigenvalue weighted by molar-refractivity contribution is 5.65. The minimum Gasteiger partial charge on any atom is -0.444 e. The van der Waals surface area contributed by atoms with Gasteiger partial charge in [-0.15, -0.1) is 0 Å². The topological polar surface area (TPSA) is 72.5 Å². The molecule has 1 aromatic carbocycles. The number of hydrogen-bond donors (Lipinski definition) is 2. The number of hydrogen-bond acceptors (Lipinski definition) is 3. The Morgan fingerprint density at radius 1 is 1.28 bits per heavy atom. The molecule has 4 nitrogen and oxygen atoms in total. The summed E-state index contributed by atoms with van der Waals surface area (Å²) in [5.41, 5.74) is 6.89. The van der Waals surface area contributed by atoms with E-state index in [1.807, 2.05) is 12.1 Å². The van der Waals surface area contributed by atoms with Crippen molar-refractivity contribution in [2.24, 2.45) is 5.73 Å². The van der Waals surface area contributed by atoms with Crippen molar-refractivity contribution in [1.82, 2.24) is 0 Å². The Balaban J connectivity index is 0.000000187. The third-order valence-corrected chi connectivity index (χ3v) is 2.44. The van der Waals surface area contributed by atoms with E-state index in [9.17, 15) is 9.90 Å². The summed E-state index contributed by atoms with van der Waals surface area (Å²) in [5.74, 6) is 0. The molecule has 2 rings (SSSR count). The van der Waals surface area contributed by atoms with Gasteiger partial charge in [-0.3, -0.25) is 0 Å². The van der Waals surface area contributed by atoms with Crippen LogP contribution in [0.1, 0.15) is 31.9 Å². The second-order valence-electron chi connectivity index (χ2n) is 5.36. The van der Waals surface area contributed by atoms with Crippen LogP contribution in [0.4, 0.5) is 4.79 Å². The summed E-state index contributed by atoms with van der Waals surface area (Å²) < 4.78 is 4.58. The minimum atomic E-state index is -0.725. The number of benzene rings is 1. The first kappa shape index (κ1) is 14.5. The molecule has 0 aliphatic heterocycles. The van der Waals surface area contributed by atoms with Gasteiger partial charge in [-0.1, -0.05) is 24.3 Å². The maximum Gasteiger partial charge on any atom is 0.405 e. The molecule has 0 bridgehead atoms. The zero-order valence-electron chi connectivity index (χ0n) is 11.1. The monoisotopic (exact) mass is 251 g/mol. The fraction of sp³-hybridized carbons (Fsp3) is 0.500. The van der Waals surface area contributed by atoms with Crippen LogP contribution in [0, 0.1) is 0 Å². The van der Waals surface area contributed by atoms with Crippen molar-refractivity contribution in [2.75, 3.05) is 0 Å². The van der Waals surface area contributed by atoms with Crippen molar-refractivity contribution in [2.45, 2.75) is 45.3 Å². The number of aliphatic hydroxyl groups is 1. The van der Waals surface area contributed by atoms with Gasteiger partial charge in [-0.25, -0.2) is 4.79 Å². The molecule has 1 aliphatic carbocycles. The third kappa shape index (κ3) is 5.19. The average molecular weight is 251 g/mol. The van der Waals surface area contributed by atoms with Crippen LogP contribution in [0.2, 0.25) is 0 Å². The van der Waals surface area contributed by atoms with Gasteiger partial charge in [0.25, 0.3) is 0 Å². The first-order valence-electron chi connectivity index (χ1n) is 6.01. The largest absolute Gasteiger partial charge is 0.444 e. The van der Waals surface area contributed by atoms with Crippen molar-refractivity contribution >= 4 is 6.09 Å². The van der Waals surface area contributed by atoms with Gasteiger partial charge in [0.1, 0.15) is 5.60 Å². The molecular weight excluding hydrogens is 230 g/mol. The number of amides is 1. The van der Waals surface area contributed by atoms with Gasteiger partial charge in [0, 0.05) is 0 Å². The van der Waals surface area contributed by atoms with Crippen LogP contribution in [-0.4, -0.2) is 22.9 Å². The zero-order valence-corrected chi connectivity index (χ0v) is 11.1. The number of ether oxygens (including phenoxy) is 1. The number of carbonyl (C=O) groups excluding carboxylic acids is 1. The fourth-order valence-electron chi connectivity index (χ4n) is 1.84. The van der Waals surface area contributed by atoms with Gasteiger partial charge in [0.15, 0.2) is 0 Å². The van der Waals surface area contributed by atoms with E-state index in [0.717, 1.165) is 12.8 Å². The van der Waals surface area contributed by atoms with E-state index >= 15 is 0 Å². The Labute approximate surface area is 108 Å². The summed E-state index contributed by atoms with van der Waals surface area (Å²) in [6.45, 7) is 5.28. The summed E-state index contributed by atoms with van der Waals surface area (Å²) in [4.78, 5) is 10.0. The van der Waals surface area contributed by atoms with E-state index in [1.54, 1.807) is 20.8 Å².